The van der Waals surface area contributed by atoms with Gasteiger partial charge in [0.15, 0.2) is 0 Å². The lowest BCUT2D eigenvalue weighted by Crippen LogP contribution is -2.27. The summed E-state index contributed by atoms with van der Waals surface area (Å²) in [6, 6.07) is 8.99. The number of benzene rings is 1. The molecule has 1 aliphatic heterocycles. The molecule has 1 aliphatic rings. The Morgan fingerprint density at radius 1 is 1.40 bits per heavy atom. The molecule has 1 fully saturated rings. The molecule has 1 aromatic carbocycles. The molecule has 0 saturated carbocycles. The standard InChI is InChI=1S/C17H27BrN2/c1-3-6-14-9-11-20(13-14)12-10-17(19-2)15-7-4-5-8-16(15)18/h4-5,7-8,14,17,19H,3,6,9-13H2,1-2H3. The minimum absolute atomic E-state index is 0.441. The van der Waals surface area contributed by atoms with Crippen molar-refractivity contribution in [2.45, 2.75) is 38.6 Å². The van der Waals surface area contributed by atoms with Gasteiger partial charge in [0.2, 0.25) is 0 Å². The van der Waals surface area contributed by atoms with Crippen LogP contribution in [0.15, 0.2) is 28.7 Å². The first-order valence-corrected chi connectivity index (χ1v) is 8.68. The Morgan fingerprint density at radius 3 is 2.90 bits per heavy atom. The summed E-state index contributed by atoms with van der Waals surface area (Å²) < 4.78 is 1.21. The Balaban J connectivity index is 1.85. The second-order valence-electron chi connectivity index (χ2n) is 5.90. The minimum atomic E-state index is 0.441. The zero-order chi connectivity index (χ0) is 14.4. The number of hydrogen-bond donors (Lipinski definition) is 1. The van der Waals surface area contributed by atoms with Crippen molar-refractivity contribution in [2.24, 2.45) is 5.92 Å². The normalized spacial score (nSPS) is 21.2. The van der Waals surface area contributed by atoms with Gasteiger partial charge in [0.25, 0.3) is 0 Å². The predicted molar refractivity (Wildman–Crippen MR) is 90.0 cm³/mol. The molecule has 1 aromatic rings. The molecule has 3 heteroatoms. The van der Waals surface area contributed by atoms with Crippen LogP contribution in [0.3, 0.4) is 0 Å². The fraction of sp³-hybridized carbons (Fsp3) is 0.647. The first-order valence-electron chi connectivity index (χ1n) is 7.88. The van der Waals surface area contributed by atoms with Crippen LogP contribution in [0.2, 0.25) is 0 Å². The molecule has 0 bridgehead atoms. The topological polar surface area (TPSA) is 15.3 Å². The Labute approximate surface area is 132 Å². The molecule has 0 aromatic heterocycles. The van der Waals surface area contributed by atoms with Gasteiger partial charge >= 0.3 is 0 Å². The Morgan fingerprint density at radius 2 is 2.20 bits per heavy atom. The van der Waals surface area contributed by atoms with Crippen molar-refractivity contribution in [3.05, 3.63) is 34.3 Å². The average molecular weight is 339 g/mol. The van der Waals surface area contributed by atoms with Gasteiger partial charge in [-0.05, 0) is 56.9 Å². The highest BCUT2D eigenvalue weighted by molar-refractivity contribution is 9.10. The Kier molecular flexibility index (Phi) is 6.53. The van der Waals surface area contributed by atoms with E-state index in [1.165, 1.54) is 55.4 Å². The zero-order valence-corrected chi connectivity index (χ0v) is 14.3. The van der Waals surface area contributed by atoms with Gasteiger partial charge < -0.3 is 10.2 Å². The van der Waals surface area contributed by atoms with E-state index in [1.807, 2.05) is 0 Å². The number of rotatable bonds is 7. The van der Waals surface area contributed by atoms with E-state index in [2.05, 4.69) is 64.4 Å². The van der Waals surface area contributed by atoms with E-state index in [-0.39, 0.29) is 0 Å². The summed E-state index contributed by atoms with van der Waals surface area (Å²) in [6.07, 6.45) is 5.30. The largest absolute Gasteiger partial charge is 0.313 e. The van der Waals surface area contributed by atoms with Gasteiger partial charge in [-0.25, -0.2) is 0 Å². The second kappa shape index (κ2) is 8.16. The van der Waals surface area contributed by atoms with Crippen molar-refractivity contribution in [3.8, 4) is 0 Å². The molecule has 1 saturated heterocycles. The summed E-state index contributed by atoms with van der Waals surface area (Å²) >= 11 is 3.67. The van der Waals surface area contributed by atoms with Gasteiger partial charge in [0.05, 0.1) is 0 Å². The van der Waals surface area contributed by atoms with Gasteiger partial charge in [0, 0.05) is 17.1 Å². The fourth-order valence-corrected chi connectivity index (χ4v) is 3.85. The highest BCUT2D eigenvalue weighted by Crippen LogP contribution is 2.27. The van der Waals surface area contributed by atoms with Crippen molar-refractivity contribution in [2.75, 3.05) is 26.7 Å². The molecular formula is C17H27BrN2. The zero-order valence-electron chi connectivity index (χ0n) is 12.7. The van der Waals surface area contributed by atoms with E-state index in [0.29, 0.717) is 6.04 Å². The van der Waals surface area contributed by atoms with Crippen LogP contribution < -0.4 is 5.32 Å². The molecule has 2 unspecified atom stereocenters. The maximum absolute atomic E-state index is 3.67. The van der Waals surface area contributed by atoms with Crippen molar-refractivity contribution in [1.29, 1.82) is 0 Å². The fourth-order valence-electron chi connectivity index (χ4n) is 3.28. The number of hydrogen-bond acceptors (Lipinski definition) is 2. The third-order valence-electron chi connectivity index (χ3n) is 4.43. The van der Waals surface area contributed by atoms with Gasteiger partial charge in [-0.3, -0.25) is 0 Å². The second-order valence-corrected chi connectivity index (χ2v) is 6.75. The first-order chi connectivity index (χ1) is 9.74. The number of halogens is 1. The van der Waals surface area contributed by atoms with E-state index in [4.69, 9.17) is 0 Å². The molecule has 1 N–H and O–H groups in total. The molecule has 1 heterocycles. The van der Waals surface area contributed by atoms with E-state index in [0.717, 1.165) is 5.92 Å². The number of nitrogens with one attached hydrogen (secondary N) is 1. The quantitative estimate of drug-likeness (QED) is 0.800. The van der Waals surface area contributed by atoms with Crippen LogP contribution in [-0.2, 0) is 0 Å². The van der Waals surface area contributed by atoms with Crippen LogP contribution in [0.5, 0.6) is 0 Å². The molecule has 112 valence electrons. The summed E-state index contributed by atoms with van der Waals surface area (Å²) in [6.45, 7) is 6.09. The molecule has 2 rings (SSSR count). The number of likely N-dealkylation sites (tertiary alicyclic amines) is 1. The number of nitrogens with zero attached hydrogens (tertiary/aromatic N) is 1. The molecule has 0 aliphatic carbocycles. The van der Waals surface area contributed by atoms with Crippen LogP contribution >= 0.6 is 15.9 Å². The van der Waals surface area contributed by atoms with Crippen LogP contribution in [0.1, 0.15) is 44.2 Å². The van der Waals surface area contributed by atoms with Crippen molar-refractivity contribution in [3.63, 3.8) is 0 Å². The lowest BCUT2D eigenvalue weighted by atomic mass is 10.0. The lowest BCUT2D eigenvalue weighted by Gasteiger charge is -2.22. The van der Waals surface area contributed by atoms with E-state index < -0.39 is 0 Å². The molecular weight excluding hydrogens is 312 g/mol. The van der Waals surface area contributed by atoms with E-state index >= 15 is 0 Å². The van der Waals surface area contributed by atoms with Crippen molar-refractivity contribution >= 4 is 15.9 Å². The van der Waals surface area contributed by atoms with Crippen molar-refractivity contribution in [1.82, 2.24) is 10.2 Å². The minimum Gasteiger partial charge on any atom is -0.313 e. The lowest BCUT2D eigenvalue weighted by molar-refractivity contribution is 0.299. The molecule has 2 atom stereocenters. The Hall–Kier alpha value is -0.380. The SMILES string of the molecule is CCCC1CCN(CCC(NC)c2ccccc2Br)C1. The van der Waals surface area contributed by atoms with E-state index in [9.17, 15) is 0 Å². The molecule has 2 nitrogen and oxygen atoms in total. The van der Waals surface area contributed by atoms with Crippen LogP contribution in [0.25, 0.3) is 0 Å². The summed E-state index contributed by atoms with van der Waals surface area (Å²) in [5.41, 5.74) is 1.37. The predicted octanol–water partition coefficient (Wildman–Crippen LogP) is 4.22. The summed E-state index contributed by atoms with van der Waals surface area (Å²) in [5, 5.41) is 3.46. The van der Waals surface area contributed by atoms with Gasteiger partial charge in [0.1, 0.15) is 0 Å². The monoisotopic (exact) mass is 338 g/mol. The van der Waals surface area contributed by atoms with E-state index in [1.54, 1.807) is 0 Å². The summed E-state index contributed by atoms with van der Waals surface area (Å²) in [7, 11) is 2.06. The van der Waals surface area contributed by atoms with Crippen LogP contribution in [0, 0.1) is 5.92 Å². The van der Waals surface area contributed by atoms with Gasteiger partial charge in [-0.15, -0.1) is 0 Å². The third kappa shape index (κ3) is 4.31. The highest BCUT2D eigenvalue weighted by atomic mass is 79.9. The highest BCUT2D eigenvalue weighted by Gasteiger charge is 2.22. The van der Waals surface area contributed by atoms with Crippen LogP contribution in [0.4, 0.5) is 0 Å². The Bertz CT molecular complexity index is 408. The summed E-state index contributed by atoms with van der Waals surface area (Å²) in [5.74, 6) is 0.941. The first kappa shape index (κ1) is 16.0. The van der Waals surface area contributed by atoms with Gasteiger partial charge in [-0.1, -0.05) is 47.5 Å². The molecule has 0 spiro atoms. The van der Waals surface area contributed by atoms with Crippen LogP contribution in [-0.4, -0.2) is 31.6 Å². The maximum atomic E-state index is 3.67. The molecule has 0 amide bonds. The smallest absolute Gasteiger partial charge is 0.0340 e. The molecule has 20 heavy (non-hydrogen) atoms. The molecule has 0 radical (unpaired) electrons. The average Bonchev–Trinajstić information content (AvgIpc) is 2.89. The van der Waals surface area contributed by atoms with Crippen molar-refractivity contribution < 1.29 is 0 Å². The maximum Gasteiger partial charge on any atom is 0.0340 e. The third-order valence-corrected chi connectivity index (χ3v) is 5.15. The summed E-state index contributed by atoms with van der Waals surface area (Å²) in [4.78, 5) is 2.64. The van der Waals surface area contributed by atoms with Gasteiger partial charge in [-0.2, -0.15) is 0 Å².